The number of anilines is 2. The van der Waals surface area contributed by atoms with Gasteiger partial charge in [-0.3, -0.25) is 9.88 Å². The van der Waals surface area contributed by atoms with E-state index in [1.54, 1.807) is 43.6 Å². The van der Waals surface area contributed by atoms with Crippen molar-refractivity contribution in [2.24, 2.45) is 0 Å². The van der Waals surface area contributed by atoms with Crippen LogP contribution in [0.15, 0.2) is 36.5 Å². The highest BCUT2D eigenvalue weighted by molar-refractivity contribution is 5.99. The second-order valence-electron chi connectivity index (χ2n) is 6.43. The van der Waals surface area contributed by atoms with Gasteiger partial charge in [0, 0.05) is 44.0 Å². The first kappa shape index (κ1) is 19.2. The number of carbonyl (C=O) groups is 1. The lowest BCUT2D eigenvalue weighted by atomic mass is 10.1. The largest absolute Gasteiger partial charge is 0.323 e. The average Bonchev–Trinajstić information content (AvgIpc) is 2.67. The molecular formula is C19H24FN5O2. The number of benzene rings is 1. The van der Waals surface area contributed by atoms with Crippen molar-refractivity contribution in [2.45, 2.75) is 13.5 Å². The van der Waals surface area contributed by atoms with Gasteiger partial charge in [0.25, 0.3) is 0 Å². The summed E-state index contributed by atoms with van der Waals surface area (Å²) in [5.74, 6) is -0.413. The van der Waals surface area contributed by atoms with E-state index >= 15 is 0 Å². The Kier molecular flexibility index (Phi) is 6.33. The summed E-state index contributed by atoms with van der Waals surface area (Å²) in [5, 5.41) is 7.10. The molecule has 3 rings (SSSR count). The van der Waals surface area contributed by atoms with E-state index in [0.717, 1.165) is 31.9 Å². The van der Waals surface area contributed by atoms with E-state index < -0.39 is 11.8 Å². The Labute approximate surface area is 158 Å². The van der Waals surface area contributed by atoms with Gasteiger partial charge in [-0.25, -0.2) is 9.18 Å². The number of halogens is 1. The van der Waals surface area contributed by atoms with Crippen molar-refractivity contribution in [2.75, 3.05) is 43.9 Å². The monoisotopic (exact) mass is 373 g/mol. The van der Waals surface area contributed by atoms with Gasteiger partial charge < -0.3 is 15.5 Å². The van der Waals surface area contributed by atoms with Crippen molar-refractivity contribution >= 4 is 17.4 Å². The molecular weight excluding hydrogens is 349 g/mol. The molecule has 1 saturated heterocycles. The molecule has 2 heterocycles. The molecule has 0 saturated carbocycles. The molecule has 0 radical (unpaired) electrons. The molecule has 144 valence electrons. The standard InChI is InChI=1S/C19H24FN5O2/c1-14-6-7-16(12-21-14)22-19(26)23-17-5-3-4-15(18(17)20)13-24-8-10-25(27-2)11-9-24/h3-7,12H,8-11,13H2,1-2H3,(H2,22,23,26). The first-order valence-electron chi connectivity index (χ1n) is 8.84. The Balaban J connectivity index is 1.60. The maximum atomic E-state index is 14.8. The fraction of sp³-hybridized carbons (Fsp3) is 0.368. The Bertz CT molecular complexity index is 776. The number of amides is 2. The minimum atomic E-state index is -0.509. The third-order valence-corrected chi connectivity index (χ3v) is 4.48. The number of hydrogen-bond acceptors (Lipinski definition) is 5. The van der Waals surface area contributed by atoms with Gasteiger partial charge in [-0.15, -0.1) is 0 Å². The molecule has 1 aromatic carbocycles. The van der Waals surface area contributed by atoms with E-state index in [9.17, 15) is 9.18 Å². The summed E-state index contributed by atoms with van der Waals surface area (Å²) >= 11 is 0. The Morgan fingerprint density at radius 1 is 1.19 bits per heavy atom. The molecule has 8 heteroatoms. The van der Waals surface area contributed by atoms with Gasteiger partial charge in [0.2, 0.25) is 0 Å². The van der Waals surface area contributed by atoms with Crippen molar-refractivity contribution in [3.63, 3.8) is 0 Å². The number of nitrogens with one attached hydrogen (secondary N) is 2. The molecule has 2 N–H and O–H groups in total. The molecule has 0 atom stereocenters. The maximum absolute atomic E-state index is 14.8. The number of hydroxylamine groups is 2. The molecule has 1 fully saturated rings. The molecule has 0 aliphatic carbocycles. The summed E-state index contributed by atoms with van der Waals surface area (Å²) in [7, 11) is 1.65. The zero-order valence-corrected chi connectivity index (χ0v) is 15.5. The molecule has 1 aromatic heterocycles. The minimum absolute atomic E-state index is 0.153. The van der Waals surface area contributed by atoms with Crippen molar-refractivity contribution in [3.05, 3.63) is 53.6 Å². The van der Waals surface area contributed by atoms with Crippen LogP contribution in [0.25, 0.3) is 0 Å². The smallest absolute Gasteiger partial charge is 0.306 e. The van der Waals surface area contributed by atoms with Crippen LogP contribution < -0.4 is 10.6 Å². The number of aryl methyl sites for hydroxylation is 1. The van der Waals surface area contributed by atoms with Crippen molar-refractivity contribution in [1.29, 1.82) is 0 Å². The van der Waals surface area contributed by atoms with Crippen LogP contribution in [0.1, 0.15) is 11.3 Å². The summed E-state index contributed by atoms with van der Waals surface area (Å²) in [6.07, 6.45) is 1.56. The van der Waals surface area contributed by atoms with E-state index in [2.05, 4.69) is 20.5 Å². The summed E-state index contributed by atoms with van der Waals surface area (Å²) in [4.78, 5) is 23.6. The SMILES string of the molecule is CON1CCN(Cc2cccc(NC(=O)Nc3ccc(C)nc3)c2F)CC1. The quantitative estimate of drug-likeness (QED) is 0.843. The highest BCUT2D eigenvalue weighted by Crippen LogP contribution is 2.20. The summed E-state index contributed by atoms with van der Waals surface area (Å²) in [6.45, 7) is 5.51. The van der Waals surface area contributed by atoms with Gasteiger partial charge in [-0.2, -0.15) is 5.06 Å². The van der Waals surface area contributed by atoms with Gasteiger partial charge in [0.05, 0.1) is 24.7 Å². The van der Waals surface area contributed by atoms with E-state index in [-0.39, 0.29) is 5.69 Å². The van der Waals surface area contributed by atoms with Gasteiger partial charge in [0.1, 0.15) is 0 Å². The molecule has 1 aliphatic rings. The molecule has 0 bridgehead atoms. The van der Waals surface area contributed by atoms with Crippen LogP contribution in [-0.2, 0) is 11.4 Å². The first-order valence-corrected chi connectivity index (χ1v) is 8.84. The normalized spacial score (nSPS) is 15.5. The van der Waals surface area contributed by atoms with Crippen molar-refractivity contribution in [3.8, 4) is 0 Å². The minimum Gasteiger partial charge on any atom is -0.306 e. The Morgan fingerprint density at radius 2 is 1.96 bits per heavy atom. The second kappa shape index (κ2) is 8.90. The predicted molar refractivity (Wildman–Crippen MR) is 102 cm³/mol. The third-order valence-electron chi connectivity index (χ3n) is 4.48. The third kappa shape index (κ3) is 5.22. The number of pyridine rings is 1. The van der Waals surface area contributed by atoms with E-state index in [4.69, 9.17) is 4.84 Å². The van der Waals surface area contributed by atoms with Crippen LogP contribution in [-0.4, -0.2) is 54.3 Å². The predicted octanol–water partition coefficient (Wildman–Crippen LogP) is 2.85. The highest BCUT2D eigenvalue weighted by atomic mass is 19.1. The fourth-order valence-corrected chi connectivity index (χ4v) is 2.94. The molecule has 1 aliphatic heterocycles. The number of aromatic nitrogens is 1. The number of nitrogens with zero attached hydrogens (tertiary/aromatic N) is 3. The zero-order chi connectivity index (χ0) is 19.2. The fourth-order valence-electron chi connectivity index (χ4n) is 2.94. The molecule has 27 heavy (non-hydrogen) atoms. The van der Waals surface area contributed by atoms with Gasteiger partial charge in [-0.05, 0) is 25.1 Å². The molecule has 0 spiro atoms. The Morgan fingerprint density at radius 3 is 2.63 bits per heavy atom. The van der Waals surface area contributed by atoms with Crippen LogP contribution >= 0.6 is 0 Å². The number of carbonyl (C=O) groups excluding carboxylic acids is 1. The lowest BCUT2D eigenvalue weighted by Gasteiger charge is -2.33. The number of piperazine rings is 1. The summed E-state index contributed by atoms with van der Waals surface area (Å²) in [5.41, 5.74) is 2.10. The molecule has 7 nitrogen and oxygen atoms in total. The van der Waals surface area contributed by atoms with Crippen LogP contribution in [0.5, 0.6) is 0 Å². The summed E-state index contributed by atoms with van der Waals surface area (Å²) in [6, 6.07) is 8.06. The van der Waals surface area contributed by atoms with Crippen molar-refractivity contribution < 1.29 is 14.0 Å². The van der Waals surface area contributed by atoms with Crippen LogP contribution in [0.4, 0.5) is 20.6 Å². The maximum Gasteiger partial charge on any atom is 0.323 e. The van der Waals surface area contributed by atoms with Gasteiger partial charge in [0.15, 0.2) is 5.82 Å². The van der Waals surface area contributed by atoms with Crippen molar-refractivity contribution in [1.82, 2.24) is 14.9 Å². The second-order valence-corrected chi connectivity index (χ2v) is 6.43. The van der Waals surface area contributed by atoms with Gasteiger partial charge in [-0.1, -0.05) is 12.1 Å². The number of rotatable bonds is 5. The lowest BCUT2D eigenvalue weighted by molar-refractivity contribution is -0.152. The molecule has 2 aromatic rings. The molecule has 0 unspecified atom stereocenters. The first-order chi connectivity index (χ1) is 13.0. The highest BCUT2D eigenvalue weighted by Gasteiger charge is 2.19. The number of hydrogen-bond donors (Lipinski definition) is 2. The average molecular weight is 373 g/mol. The lowest BCUT2D eigenvalue weighted by Crippen LogP contribution is -2.45. The van der Waals surface area contributed by atoms with Gasteiger partial charge >= 0.3 is 6.03 Å². The molecule has 2 amide bonds. The van der Waals surface area contributed by atoms with Crippen LogP contribution in [0.2, 0.25) is 0 Å². The topological polar surface area (TPSA) is 69.7 Å². The van der Waals surface area contributed by atoms with E-state index in [1.165, 1.54) is 0 Å². The summed E-state index contributed by atoms with van der Waals surface area (Å²) < 4.78 is 14.8. The Hall–Kier alpha value is -2.55. The van der Waals surface area contributed by atoms with E-state index in [0.29, 0.717) is 17.8 Å². The zero-order valence-electron chi connectivity index (χ0n) is 15.5. The van der Waals surface area contributed by atoms with Crippen LogP contribution in [0.3, 0.4) is 0 Å². The van der Waals surface area contributed by atoms with Crippen LogP contribution in [0, 0.1) is 12.7 Å². The number of urea groups is 1. The van der Waals surface area contributed by atoms with E-state index in [1.807, 2.05) is 12.0 Å².